The first kappa shape index (κ1) is 13.9. The topological polar surface area (TPSA) is 17.1 Å². The Bertz CT molecular complexity index is 570. The number of hydrogen-bond donors (Lipinski definition) is 0. The van der Waals surface area contributed by atoms with E-state index in [1.165, 1.54) is 5.56 Å². The van der Waals surface area contributed by atoms with Crippen LogP contribution in [0.2, 0.25) is 0 Å². The molecule has 0 spiro atoms. The van der Waals surface area contributed by atoms with Crippen molar-refractivity contribution in [3.05, 3.63) is 59.7 Å². The van der Waals surface area contributed by atoms with Crippen LogP contribution in [-0.2, 0) is 0 Å². The van der Waals surface area contributed by atoms with E-state index in [2.05, 4.69) is 38.1 Å². The fraction of sp³-hybridized carbons (Fsp3) is 0.235. The molecule has 0 amide bonds. The maximum atomic E-state index is 11.6. The predicted octanol–water partition coefficient (Wildman–Crippen LogP) is 5.16. The van der Waals surface area contributed by atoms with Crippen LogP contribution in [0.1, 0.15) is 42.6 Å². The number of rotatable bonds is 4. The van der Waals surface area contributed by atoms with Crippen molar-refractivity contribution < 1.29 is 4.79 Å². The summed E-state index contributed by atoms with van der Waals surface area (Å²) in [6.45, 7) is 5.99. The Labute approximate surface area is 119 Å². The Morgan fingerprint density at radius 1 is 1.00 bits per heavy atom. The van der Waals surface area contributed by atoms with Gasteiger partial charge in [0.2, 0.25) is 0 Å². The van der Waals surface area contributed by atoms with Crippen LogP contribution in [0, 0.1) is 0 Å². The van der Waals surface area contributed by atoms with Gasteiger partial charge in [0.1, 0.15) is 0 Å². The Hall–Kier alpha value is -1.54. The van der Waals surface area contributed by atoms with E-state index in [4.69, 9.17) is 0 Å². The summed E-state index contributed by atoms with van der Waals surface area (Å²) in [6, 6.07) is 16.3. The smallest absolute Gasteiger partial charge is 0.160 e. The third-order valence-electron chi connectivity index (χ3n) is 3.04. The Morgan fingerprint density at radius 2 is 1.63 bits per heavy atom. The minimum atomic E-state index is 0.113. The van der Waals surface area contributed by atoms with E-state index in [9.17, 15) is 4.79 Å². The second-order valence-electron chi connectivity index (χ2n) is 4.88. The summed E-state index contributed by atoms with van der Waals surface area (Å²) in [6.07, 6.45) is 0. The molecule has 0 aliphatic heterocycles. The zero-order valence-electron chi connectivity index (χ0n) is 11.5. The lowest BCUT2D eigenvalue weighted by Gasteiger charge is -2.08. The Balaban J connectivity index is 2.24. The zero-order chi connectivity index (χ0) is 13.8. The molecular weight excluding hydrogens is 252 g/mol. The van der Waals surface area contributed by atoms with Gasteiger partial charge in [-0.15, -0.1) is 0 Å². The first-order valence-electron chi connectivity index (χ1n) is 6.45. The molecule has 0 saturated heterocycles. The van der Waals surface area contributed by atoms with Gasteiger partial charge in [-0.1, -0.05) is 55.9 Å². The van der Waals surface area contributed by atoms with Gasteiger partial charge in [-0.25, -0.2) is 0 Å². The lowest BCUT2D eigenvalue weighted by atomic mass is 10.0. The fourth-order valence-corrected chi connectivity index (χ4v) is 2.89. The molecule has 0 aromatic heterocycles. The molecular formula is C17H18OS. The van der Waals surface area contributed by atoms with Gasteiger partial charge in [0.25, 0.3) is 0 Å². The maximum Gasteiger partial charge on any atom is 0.160 e. The van der Waals surface area contributed by atoms with Gasteiger partial charge in [-0.05, 0) is 36.6 Å². The van der Waals surface area contributed by atoms with Crippen LogP contribution in [0.25, 0.3) is 0 Å². The van der Waals surface area contributed by atoms with Crippen molar-refractivity contribution >= 4 is 17.5 Å². The first-order valence-corrected chi connectivity index (χ1v) is 7.27. The van der Waals surface area contributed by atoms with Crippen LogP contribution in [0.15, 0.2) is 58.3 Å². The van der Waals surface area contributed by atoms with Crippen LogP contribution in [0.3, 0.4) is 0 Å². The summed E-state index contributed by atoms with van der Waals surface area (Å²) in [5, 5.41) is 0. The minimum absolute atomic E-state index is 0.113. The van der Waals surface area contributed by atoms with Crippen LogP contribution < -0.4 is 0 Å². The Morgan fingerprint density at radius 3 is 2.21 bits per heavy atom. The molecule has 0 atom stereocenters. The second kappa shape index (κ2) is 6.07. The SMILES string of the molecule is CC(=O)c1ccccc1Sc1ccc(C(C)C)cc1. The average molecular weight is 270 g/mol. The maximum absolute atomic E-state index is 11.6. The highest BCUT2D eigenvalue weighted by molar-refractivity contribution is 7.99. The largest absolute Gasteiger partial charge is 0.294 e. The quantitative estimate of drug-likeness (QED) is 0.713. The van der Waals surface area contributed by atoms with Gasteiger partial charge in [-0.2, -0.15) is 0 Å². The van der Waals surface area contributed by atoms with Crippen LogP contribution in [-0.4, -0.2) is 5.78 Å². The molecule has 0 unspecified atom stereocenters. The van der Waals surface area contributed by atoms with Gasteiger partial charge in [-0.3, -0.25) is 4.79 Å². The number of Topliss-reactive ketones (excluding diaryl/α,β-unsaturated/α-hetero) is 1. The summed E-state index contributed by atoms with van der Waals surface area (Å²) in [5.74, 6) is 0.658. The second-order valence-corrected chi connectivity index (χ2v) is 5.99. The number of carbonyl (C=O) groups is 1. The van der Waals surface area contributed by atoms with E-state index in [1.54, 1.807) is 18.7 Å². The number of carbonyl (C=O) groups excluding carboxylic acids is 1. The van der Waals surface area contributed by atoms with Gasteiger partial charge in [0, 0.05) is 15.4 Å². The van der Waals surface area contributed by atoms with Gasteiger partial charge >= 0.3 is 0 Å². The van der Waals surface area contributed by atoms with Crippen LogP contribution >= 0.6 is 11.8 Å². The van der Waals surface area contributed by atoms with E-state index in [0.29, 0.717) is 5.92 Å². The monoisotopic (exact) mass is 270 g/mol. The molecule has 0 saturated carbocycles. The van der Waals surface area contributed by atoms with Gasteiger partial charge in [0.15, 0.2) is 5.78 Å². The molecule has 0 radical (unpaired) electrons. The molecule has 0 fully saturated rings. The summed E-state index contributed by atoms with van der Waals surface area (Å²) in [5.41, 5.74) is 2.13. The van der Waals surface area contributed by atoms with Crippen molar-refractivity contribution in [2.75, 3.05) is 0 Å². The first-order chi connectivity index (χ1) is 9.08. The molecule has 0 aliphatic rings. The molecule has 2 heteroatoms. The fourth-order valence-electron chi connectivity index (χ4n) is 1.89. The molecule has 0 N–H and O–H groups in total. The summed E-state index contributed by atoms with van der Waals surface area (Å²) in [7, 11) is 0. The molecule has 0 bridgehead atoms. The van der Waals surface area contributed by atoms with Gasteiger partial charge < -0.3 is 0 Å². The zero-order valence-corrected chi connectivity index (χ0v) is 12.3. The average Bonchev–Trinajstić information content (AvgIpc) is 2.39. The lowest BCUT2D eigenvalue weighted by Crippen LogP contribution is -1.94. The Kier molecular flexibility index (Phi) is 4.43. The number of hydrogen-bond acceptors (Lipinski definition) is 2. The molecule has 2 aromatic rings. The highest BCUT2D eigenvalue weighted by Gasteiger charge is 2.08. The van der Waals surface area contributed by atoms with E-state index in [1.807, 2.05) is 24.3 Å². The molecule has 2 aromatic carbocycles. The molecule has 19 heavy (non-hydrogen) atoms. The third kappa shape index (κ3) is 3.48. The summed E-state index contributed by atoms with van der Waals surface area (Å²) >= 11 is 1.64. The van der Waals surface area contributed by atoms with Crippen molar-refractivity contribution in [1.82, 2.24) is 0 Å². The van der Waals surface area contributed by atoms with E-state index in [0.717, 1.165) is 15.4 Å². The van der Waals surface area contributed by atoms with Crippen molar-refractivity contribution in [2.24, 2.45) is 0 Å². The van der Waals surface area contributed by atoms with Crippen molar-refractivity contribution in [1.29, 1.82) is 0 Å². The van der Waals surface area contributed by atoms with Crippen LogP contribution in [0.4, 0.5) is 0 Å². The van der Waals surface area contributed by atoms with E-state index < -0.39 is 0 Å². The number of benzene rings is 2. The molecule has 98 valence electrons. The van der Waals surface area contributed by atoms with Crippen LogP contribution in [0.5, 0.6) is 0 Å². The van der Waals surface area contributed by atoms with Gasteiger partial charge in [0.05, 0.1) is 0 Å². The molecule has 2 rings (SSSR count). The molecule has 0 aliphatic carbocycles. The van der Waals surface area contributed by atoms with Crippen molar-refractivity contribution in [3.8, 4) is 0 Å². The predicted molar refractivity (Wildman–Crippen MR) is 81.1 cm³/mol. The van der Waals surface area contributed by atoms with E-state index in [-0.39, 0.29) is 5.78 Å². The highest BCUT2D eigenvalue weighted by Crippen LogP contribution is 2.31. The van der Waals surface area contributed by atoms with Crippen molar-refractivity contribution in [2.45, 2.75) is 36.5 Å². The highest BCUT2D eigenvalue weighted by atomic mass is 32.2. The third-order valence-corrected chi connectivity index (χ3v) is 4.12. The standard InChI is InChI=1S/C17H18OS/c1-12(2)14-8-10-15(11-9-14)19-17-7-5-4-6-16(17)13(3)18/h4-12H,1-3H3. The molecule has 1 nitrogen and oxygen atoms in total. The normalized spacial score (nSPS) is 10.7. The summed E-state index contributed by atoms with van der Waals surface area (Å²) < 4.78 is 0. The lowest BCUT2D eigenvalue weighted by molar-refractivity contribution is 0.101. The minimum Gasteiger partial charge on any atom is -0.294 e. The number of ketones is 1. The molecule has 0 heterocycles. The summed E-state index contributed by atoms with van der Waals surface area (Å²) in [4.78, 5) is 13.8. The van der Waals surface area contributed by atoms with E-state index >= 15 is 0 Å². The van der Waals surface area contributed by atoms with Crippen molar-refractivity contribution in [3.63, 3.8) is 0 Å².